The molecule has 0 saturated carbocycles. The molecule has 2 saturated heterocycles. The summed E-state index contributed by atoms with van der Waals surface area (Å²) in [6.45, 7) is 2.02. The molecule has 2 aliphatic heterocycles. The predicted octanol–water partition coefficient (Wildman–Crippen LogP) is 4.85. The third kappa shape index (κ3) is 3.29. The minimum Gasteiger partial charge on any atom is -0.473 e. The Bertz CT molecular complexity index is 1190. The Hall–Kier alpha value is -2.42. The zero-order valence-corrected chi connectivity index (χ0v) is 18.2. The Kier molecular flexibility index (Phi) is 4.51. The van der Waals surface area contributed by atoms with Gasteiger partial charge in [-0.15, -0.1) is 32.9 Å². The van der Waals surface area contributed by atoms with E-state index >= 15 is 0 Å². The molecule has 1 aromatic carbocycles. The van der Waals surface area contributed by atoms with E-state index in [1.807, 2.05) is 30.8 Å². The molecule has 2 aliphatic rings. The van der Waals surface area contributed by atoms with Crippen molar-refractivity contribution in [3.8, 4) is 27.6 Å². The summed E-state index contributed by atoms with van der Waals surface area (Å²) in [5.41, 5.74) is 5.90. The van der Waals surface area contributed by atoms with Gasteiger partial charge in [-0.25, -0.2) is 9.97 Å². The smallest absolute Gasteiger partial charge is 0.233 e. The Morgan fingerprint density at radius 3 is 2.57 bits per heavy atom. The number of ether oxygens (including phenoxy) is 1. The molecule has 0 aliphatic carbocycles. The summed E-state index contributed by atoms with van der Waals surface area (Å²) in [5.74, 6) is 0.613. The van der Waals surface area contributed by atoms with Crippen LogP contribution < -0.4 is 10.1 Å². The van der Waals surface area contributed by atoms with Crippen LogP contribution in [-0.2, 0) is 0 Å². The van der Waals surface area contributed by atoms with Crippen LogP contribution in [0.25, 0.3) is 31.9 Å². The quantitative estimate of drug-likeness (QED) is 0.494. The maximum atomic E-state index is 6.15. The Morgan fingerprint density at radius 1 is 1.00 bits per heavy atom. The van der Waals surface area contributed by atoms with Crippen LogP contribution in [0.5, 0.6) is 5.88 Å². The molecule has 0 spiro atoms. The number of hydrogen-bond acceptors (Lipinski definition) is 8. The second-order valence-electron chi connectivity index (χ2n) is 8.04. The van der Waals surface area contributed by atoms with Crippen molar-refractivity contribution in [1.82, 2.24) is 25.5 Å². The number of piperidine rings is 1. The van der Waals surface area contributed by atoms with Crippen LogP contribution in [0.3, 0.4) is 0 Å². The molecular weight excluding hydrogens is 414 g/mol. The van der Waals surface area contributed by atoms with Gasteiger partial charge in [-0.1, -0.05) is 12.1 Å². The van der Waals surface area contributed by atoms with Crippen molar-refractivity contribution in [2.24, 2.45) is 0 Å². The summed E-state index contributed by atoms with van der Waals surface area (Å²) in [7, 11) is 0. The van der Waals surface area contributed by atoms with Crippen molar-refractivity contribution in [2.45, 2.75) is 50.8 Å². The highest BCUT2D eigenvalue weighted by Crippen LogP contribution is 2.38. The molecule has 2 bridgehead atoms. The van der Waals surface area contributed by atoms with Gasteiger partial charge in [0, 0.05) is 35.5 Å². The third-order valence-corrected chi connectivity index (χ3v) is 7.81. The molecule has 1 unspecified atom stereocenters. The number of aromatic nitrogens is 4. The normalized spacial score (nSPS) is 23.2. The molecule has 4 aromatic rings. The molecule has 0 amide bonds. The van der Waals surface area contributed by atoms with Gasteiger partial charge in [0.15, 0.2) is 0 Å². The second kappa shape index (κ2) is 7.37. The fraction of sp³-hybridized carbons (Fsp3) is 0.364. The van der Waals surface area contributed by atoms with Gasteiger partial charge < -0.3 is 10.1 Å². The van der Waals surface area contributed by atoms with Gasteiger partial charge in [-0.2, -0.15) is 0 Å². The van der Waals surface area contributed by atoms with Gasteiger partial charge in [-0.05, 0) is 38.7 Å². The number of nitrogens with zero attached hydrogens (tertiary/aromatic N) is 4. The van der Waals surface area contributed by atoms with Crippen molar-refractivity contribution in [2.75, 3.05) is 0 Å². The first-order chi connectivity index (χ1) is 14.7. The largest absolute Gasteiger partial charge is 0.473 e. The lowest BCUT2D eigenvalue weighted by molar-refractivity contribution is 0.130. The molecule has 152 valence electrons. The highest BCUT2D eigenvalue weighted by Gasteiger charge is 2.34. The number of nitrogens with one attached hydrogen (secondary N) is 1. The van der Waals surface area contributed by atoms with Crippen LogP contribution >= 0.6 is 22.7 Å². The minimum atomic E-state index is 0.235. The van der Waals surface area contributed by atoms with E-state index in [4.69, 9.17) is 4.74 Å². The van der Waals surface area contributed by atoms with E-state index in [0.717, 1.165) is 49.8 Å². The fourth-order valence-electron chi connectivity index (χ4n) is 4.64. The monoisotopic (exact) mass is 435 g/mol. The summed E-state index contributed by atoms with van der Waals surface area (Å²) in [4.78, 5) is 10.2. The van der Waals surface area contributed by atoms with Crippen LogP contribution in [-0.4, -0.2) is 38.4 Å². The zero-order chi connectivity index (χ0) is 20.1. The molecular formula is C22H21N5OS2. The minimum absolute atomic E-state index is 0.235. The number of fused-ring (bicyclic) bond motifs is 3. The third-order valence-electron chi connectivity index (χ3n) is 6.00. The van der Waals surface area contributed by atoms with Crippen LogP contribution in [0.4, 0.5) is 0 Å². The van der Waals surface area contributed by atoms with Gasteiger partial charge in [0.05, 0.1) is 31.3 Å². The standard InChI is InChI=1S/C22H21N5OS2/c1-12-23-10-19(30-12)17-5-4-16(22-21(17)24-11-29-22)18-6-7-20(27-26-18)28-15-8-13-2-3-14(9-15)25-13/h4-7,10-11,13-15,25H,2-3,8-9H2,1H3/t13-,14+,15?. The van der Waals surface area contributed by atoms with Crippen molar-refractivity contribution >= 4 is 32.9 Å². The highest BCUT2D eigenvalue weighted by molar-refractivity contribution is 7.18. The number of aryl methyl sites for hydroxylation is 1. The van der Waals surface area contributed by atoms with E-state index in [9.17, 15) is 0 Å². The average Bonchev–Trinajstić information content (AvgIpc) is 3.48. The molecule has 3 aromatic heterocycles. The van der Waals surface area contributed by atoms with Gasteiger partial charge in [-0.3, -0.25) is 0 Å². The van der Waals surface area contributed by atoms with Gasteiger partial charge in [0.1, 0.15) is 6.10 Å². The molecule has 30 heavy (non-hydrogen) atoms. The summed E-state index contributed by atoms with van der Waals surface area (Å²) in [6.07, 6.45) is 6.79. The van der Waals surface area contributed by atoms with E-state index in [2.05, 4.69) is 37.6 Å². The second-order valence-corrected chi connectivity index (χ2v) is 10.1. The molecule has 6 nitrogen and oxygen atoms in total. The highest BCUT2D eigenvalue weighted by atomic mass is 32.1. The van der Waals surface area contributed by atoms with E-state index in [0.29, 0.717) is 18.0 Å². The maximum Gasteiger partial charge on any atom is 0.233 e. The van der Waals surface area contributed by atoms with E-state index in [1.54, 1.807) is 22.7 Å². The summed E-state index contributed by atoms with van der Waals surface area (Å²) >= 11 is 3.32. The van der Waals surface area contributed by atoms with Gasteiger partial charge in [0.25, 0.3) is 0 Å². The van der Waals surface area contributed by atoms with E-state index in [-0.39, 0.29) is 6.10 Å². The van der Waals surface area contributed by atoms with Crippen molar-refractivity contribution < 1.29 is 4.74 Å². The first-order valence-corrected chi connectivity index (χ1v) is 12.0. The number of rotatable bonds is 4. The fourth-order valence-corrected chi connectivity index (χ4v) is 6.28. The lowest BCUT2D eigenvalue weighted by atomic mass is 10.0. The van der Waals surface area contributed by atoms with Crippen molar-refractivity contribution in [3.63, 3.8) is 0 Å². The molecule has 3 atom stereocenters. The lowest BCUT2D eigenvalue weighted by Crippen LogP contribution is -2.42. The number of hydrogen-bond donors (Lipinski definition) is 1. The number of benzene rings is 1. The van der Waals surface area contributed by atoms with Crippen LogP contribution in [0, 0.1) is 6.92 Å². The van der Waals surface area contributed by atoms with Crippen molar-refractivity contribution in [1.29, 1.82) is 0 Å². The molecule has 8 heteroatoms. The first-order valence-electron chi connectivity index (χ1n) is 10.3. The van der Waals surface area contributed by atoms with Crippen LogP contribution in [0.1, 0.15) is 30.7 Å². The maximum absolute atomic E-state index is 6.15. The van der Waals surface area contributed by atoms with Crippen molar-refractivity contribution in [3.05, 3.63) is 41.0 Å². The number of thiazole rings is 2. The molecule has 1 N–H and O–H groups in total. The molecule has 2 fully saturated rings. The Labute approximate surface area is 182 Å². The summed E-state index contributed by atoms with van der Waals surface area (Å²) in [5, 5.41) is 13.6. The summed E-state index contributed by atoms with van der Waals surface area (Å²) in [6, 6.07) is 9.37. The van der Waals surface area contributed by atoms with E-state index < -0.39 is 0 Å². The van der Waals surface area contributed by atoms with Gasteiger partial charge in [0.2, 0.25) is 5.88 Å². The van der Waals surface area contributed by atoms with Crippen LogP contribution in [0.2, 0.25) is 0 Å². The molecule has 5 heterocycles. The SMILES string of the molecule is Cc1ncc(-c2ccc(-c3ccc(OC4C[C@H]5CC[C@@H](C4)N5)nn3)c3scnc23)s1. The topological polar surface area (TPSA) is 72.8 Å². The molecule has 6 rings (SSSR count). The lowest BCUT2D eigenvalue weighted by Gasteiger charge is -2.28. The van der Waals surface area contributed by atoms with E-state index in [1.165, 1.54) is 12.8 Å². The predicted molar refractivity (Wildman–Crippen MR) is 120 cm³/mol. The van der Waals surface area contributed by atoms with Crippen LogP contribution in [0.15, 0.2) is 36.0 Å². The Balaban J connectivity index is 1.27. The zero-order valence-electron chi connectivity index (χ0n) is 16.5. The Morgan fingerprint density at radius 2 is 1.83 bits per heavy atom. The summed E-state index contributed by atoms with van der Waals surface area (Å²) < 4.78 is 7.27. The average molecular weight is 436 g/mol. The first kappa shape index (κ1) is 18.4. The van der Waals surface area contributed by atoms with Gasteiger partial charge >= 0.3 is 0 Å². The molecule has 0 radical (unpaired) electrons.